The van der Waals surface area contributed by atoms with Crippen molar-refractivity contribution in [3.63, 3.8) is 0 Å². The van der Waals surface area contributed by atoms with Crippen molar-refractivity contribution < 1.29 is 23.9 Å². The first-order chi connectivity index (χ1) is 18.8. The van der Waals surface area contributed by atoms with E-state index in [2.05, 4.69) is 27.8 Å². The number of allylic oxidation sites excluding steroid dienone is 2. The Balaban J connectivity index is 1.22. The molecule has 2 heterocycles. The third kappa shape index (κ3) is 5.83. The number of amides is 3. The number of rotatable bonds is 7. The van der Waals surface area contributed by atoms with Crippen LogP contribution in [-0.2, 0) is 9.59 Å². The van der Waals surface area contributed by atoms with Crippen molar-refractivity contribution >= 4 is 34.2 Å². The summed E-state index contributed by atoms with van der Waals surface area (Å²) in [6.45, 7) is 1.56. The molecule has 39 heavy (non-hydrogen) atoms. The van der Waals surface area contributed by atoms with Crippen LogP contribution in [0.5, 0.6) is 0 Å². The molecule has 2 aromatic carbocycles. The van der Waals surface area contributed by atoms with Crippen LogP contribution in [-0.4, -0.2) is 57.9 Å². The van der Waals surface area contributed by atoms with E-state index in [0.29, 0.717) is 10.9 Å². The minimum atomic E-state index is -0.849. The monoisotopic (exact) mass is 530 g/mol. The van der Waals surface area contributed by atoms with E-state index >= 15 is 0 Å². The number of nitrogens with one attached hydrogen (secondary N) is 2. The van der Waals surface area contributed by atoms with Crippen molar-refractivity contribution in [1.29, 1.82) is 0 Å². The number of β-amino-alcohol motifs (C(OH)–C–C–N with tert-alkyl or cyclic N) is 1. The fraction of sp³-hybridized carbons (Fsp3) is 0.333. The first-order valence-corrected chi connectivity index (χ1v) is 13.2. The van der Waals surface area contributed by atoms with Gasteiger partial charge in [0.2, 0.25) is 11.8 Å². The first-order valence-electron chi connectivity index (χ1n) is 13.2. The molecule has 3 N–H and O–H groups in total. The fourth-order valence-corrected chi connectivity index (χ4v) is 5.38. The van der Waals surface area contributed by atoms with Gasteiger partial charge < -0.3 is 20.6 Å². The SMILES string of the molecule is C[C@H](NC(=O)[C@@H]1C[C@@H](O)CN1C(=O)CNC(=O)c1ccc2cc(F)ccc2n1)c1ccccc1C1=CCCC1. The predicted octanol–water partition coefficient (Wildman–Crippen LogP) is 3.51. The second-order valence-corrected chi connectivity index (χ2v) is 10.1. The highest BCUT2D eigenvalue weighted by Crippen LogP contribution is 2.32. The summed E-state index contributed by atoms with van der Waals surface area (Å²) in [5, 5.41) is 16.4. The van der Waals surface area contributed by atoms with Crippen LogP contribution in [0.4, 0.5) is 4.39 Å². The van der Waals surface area contributed by atoms with E-state index < -0.39 is 29.8 Å². The Hall–Kier alpha value is -4.11. The summed E-state index contributed by atoms with van der Waals surface area (Å²) in [7, 11) is 0. The van der Waals surface area contributed by atoms with E-state index in [1.54, 1.807) is 6.07 Å². The lowest BCUT2D eigenvalue weighted by Crippen LogP contribution is -2.49. The van der Waals surface area contributed by atoms with Gasteiger partial charge >= 0.3 is 0 Å². The number of hydrogen-bond acceptors (Lipinski definition) is 5. The van der Waals surface area contributed by atoms with Crippen LogP contribution in [0.1, 0.15) is 60.3 Å². The highest BCUT2D eigenvalue weighted by molar-refractivity contribution is 5.97. The highest BCUT2D eigenvalue weighted by atomic mass is 19.1. The predicted molar refractivity (Wildman–Crippen MR) is 145 cm³/mol. The van der Waals surface area contributed by atoms with Gasteiger partial charge in [-0.15, -0.1) is 0 Å². The summed E-state index contributed by atoms with van der Waals surface area (Å²) in [6, 6.07) is 14.0. The largest absolute Gasteiger partial charge is 0.391 e. The number of aliphatic hydroxyl groups excluding tert-OH is 1. The molecule has 0 saturated carbocycles. The highest BCUT2D eigenvalue weighted by Gasteiger charge is 2.39. The van der Waals surface area contributed by atoms with Gasteiger partial charge in [0.25, 0.3) is 5.91 Å². The average Bonchev–Trinajstić information content (AvgIpc) is 3.61. The number of benzene rings is 2. The van der Waals surface area contributed by atoms with Crippen LogP contribution in [0.3, 0.4) is 0 Å². The lowest BCUT2D eigenvalue weighted by molar-refractivity contribution is -0.138. The molecule has 3 amide bonds. The number of pyridine rings is 1. The molecule has 3 atom stereocenters. The summed E-state index contributed by atoms with van der Waals surface area (Å²) < 4.78 is 13.4. The van der Waals surface area contributed by atoms with Crippen molar-refractivity contribution in [2.75, 3.05) is 13.1 Å². The van der Waals surface area contributed by atoms with Crippen molar-refractivity contribution in [3.05, 3.63) is 83.3 Å². The maximum absolute atomic E-state index is 13.4. The molecule has 1 aromatic heterocycles. The smallest absolute Gasteiger partial charge is 0.270 e. The van der Waals surface area contributed by atoms with Crippen molar-refractivity contribution in [2.45, 2.75) is 50.8 Å². The number of hydrogen-bond donors (Lipinski definition) is 3. The van der Waals surface area contributed by atoms with E-state index in [1.807, 2.05) is 25.1 Å². The van der Waals surface area contributed by atoms with Crippen LogP contribution in [0, 0.1) is 5.82 Å². The van der Waals surface area contributed by atoms with E-state index in [9.17, 15) is 23.9 Å². The summed E-state index contributed by atoms with van der Waals surface area (Å²) in [4.78, 5) is 44.5. The van der Waals surface area contributed by atoms with Gasteiger partial charge in [-0.25, -0.2) is 9.37 Å². The number of likely N-dealkylation sites (tertiary alicyclic amines) is 1. The van der Waals surface area contributed by atoms with Gasteiger partial charge in [0.1, 0.15) is 17.6 Å². The summed E-state index contributed by atoms with van der Waals surface area (Å²) >= 11 is 0. The van der Waals surface area contributed by atoms with E-state index in [0.717, 1.165) is 30.4 Å². The van der Waals surface area contributed by atoms with Gasteiger partial charge in [0.15, 0.2) is 0 Å². The van der Waals surface area contributed by atoms with E-state index in [1.165, 1.54) is 34.7 Å². The van der Waals surface area contributed by atoms with Crippen LogP contribution in [0.15, 0.2) is 60.7 Å². The number of fused-ring (bicyclic) bond motifs is 1. The number of aliphatic hydroxyl groups is 1. The molecule has 5 rings (SSSR count). The van der Waals surface area contributed by atoms with Crippen LogP contribution in [0.2, 0.25) is 0 Å². The minimum absolute atomic E-state index is 0.00440. The number of carbonyl (C=O) groups is 3. The third-order valence-electron chi connectivity index (χ3n) is 7.36. The maximum atomic E-state index is 13.4. The van der Waals surface area contributed by atoms with Gasteiger partial charge in [-0.05, 0) is 67.2 Å². The maximum Gasteiger partial charge on any atom is 0.270 e. The van der Waals surface area contributed by atoms with E-state index in [-0.39, 0.29) is 37.2 Å². The van der Waals surface area contributed by atoms with Crippen LogP contribution < -0.4 is 10.6 Å². The Bertz CT molecular complexity index is 1460. The zero-order valence-corrected chi connectivity index (χ0v) is 21.7. The standard InChI is InChI=1S/C30H31FN4O4/c1-18(23-8-4-5-9-24(23)19-6-2-3-7-19)33-30(39)27-15-22(36)17-35(27)28(37)16-32-29(38)26-12-10-20-14-21(31)11-13-25(20)34-26/h4-6,8-14,18,22,27,36H,2-3,7,15-17H2,1H3,(H,32,38)(H,33,39)/t18-,22+,27-/m0/s1. The molecule has 8 nitrogen and oxygen atoms in total. The molecule has 9 heteroatoms. The number of nitrogens with zero attached hydrogens (tertiary/aromatic N) is 2. The van der Waals surface area contributed by atoms with Gasteiger partial charge in [-0.1, -0.05) is 36.4 Å². The van der Waals surface area contributed by atoms with Crippen molar-refractivity contribution in [2.24, 2.45) is 0 Å². The normalized spacial score (nSPS) is 19.6. The van der Waals surface area contributed by atoms with Crippen LogP contribution in [0.25, 0.3) is 16.5 Å². The molecule has 0 spiro atoms. The molecule has 1 fully saturated rings. The zero-order chi connectivity index (χ0) is 27.5. The van der Waals surface area contributed by atoms with Crippen LogP contribution >= 0.6 is 0 Å². The lowest BCUT2D eigenvalue weighted by Gasteiger charge is -2.26. The molecular formula is C30H31FN4O4. The molecular weight excluding hydrogens is 499 g/mol. The topological polar surface area (TPSA) is 112 Å². The molecule has 3 aromatic rings. The Labute approximate surface area is 225 Å². The Morgan fingerprint density at radius 3 is 2.77 bits per heavy atom. The Kier molecular flexibility index (Phi) is 7.70. The summed E-state index contributed by atoms with van der Waals surface area (Å²) in [5.41, 5.74) is 3.95. The number of carbonyl (C=O) groups excluding carboxylic acids is 3. The summed E-state index contributed by atoms with van der Waals surface area (Å²) in [6.07, 6.45) is 4.70. The molecule has 0 unspecified atom stereocenters. The molecule has 0 radical (unpaired) electrons. The molecule has 0 bridgehead atoms. The van der Waals surface area contributed by atoms with Gasteiger partial charge in [-0.3, -0.25) is 14.4 Å². The summed E-state index contributed by atoms with van der Waals surface area (Å²) in [5.74, 6) is -1.80. The number of aromatic nitrogens is 1. The zero-order valence-electron chi connectivity index (χ0n) is 21.7. The first kappa shape index (κ1) is 26.5. The molecule has 1 aliphatic heterocycles. The number of halogens is 1. The van der Waals surface area contributed by atoms with Crippen molar-refractivity contribution in [3.8, 4) is 0 Å². The van der Waals surface area contributed by atoms with Gasteiger partial charge in [0.05, 0.1) is 24.2 Å². The van der Waals surface area contributed by atoms with E-state index in [4.69, 9.17) is 0 Å². The molecule has 202 valence electrons. The second kappa shape index (κ2) is 11.3. The second-order valence-electron chi connectivity index (χ2n) is 10.1. The Morgan fingerprint density at radius 2 is 1.97 bits per heavy atom. The average molecular weight is 531 g/mol. The van der Waals surface area contributed by atoms with Gasteiger partial charge in [-0.2, -0.15) is 0 Å². The van der Waals surface area contributed by atoms with Crippen molar-refractivity contribution in [1.82, 2.24) is 20.5 Å². The Morgan fingerprint density at radius 1 is 1.15 bits per heavy atom. The molecule has 1 aliphatic carbocycles. The molecule has 1 saturated heterocycles. The lowest BCUT2D eigenvalue weighted by atomic mass is 9.95. The quantitative estimate of drug-likeness (QED) is 0.433. The minimum Gasteiger partial charge on any atom is -0.391 e. The van der Waals surface area contributed by atoms with Gasteiger partial charge in [0, 0.05) is 18.4 Å². The fourth-order valence-electron chi connectivity index (χ4n) is 5.38. The third-order valence-corrected chi connectivity index (χ3v) is 7.36. The molecule has 2 aliphatic rings.